The summed E-state index contributed by atoms with van der Waals surface area (Å²) in [7, 11) is 2.11. The Kier molecular flexibility index (Phi) is 6.12. The molecule has 158 valence electrons. The highest BCUT2D eigenvalue weighted by molar-refractivity contribution is 8.14. The Balaban J connectivity index is 0.00000205. The van der Waals surface area contributed by atoms with Gasteiger partial charge < -0.3 is 10.2 Å². The van der Waals surface area contributed by atoms with E-state index in [1.807, 2.05) is 23.9 Å². The molecule has 7 heteroatoms. The molecule has 1 N–H and O–H groups in total. The van der Waals surface area contributed by atoms with Crippen molar-refractivity contribution >= 4 is 52.5 Å². The van der Waals surface area contributed by atoms with E-state index < -0.39 is 0 Å². The van der Waals surface area contributed by atoms with Gasteiger partial charge in [0.1, 0.15) is 0 Å². The normalized spacial score (nSPS) is 36.3. The number of hydrogen-bond donors (Lipinski definition) is 1. The number of nitrogens with zero attached hydrogens (tertiary/aromatic N) is 2. The summed E-state index contributed by atoms with van der Waals surface area (Å²) in [6.07, 6.45) is 8.70. The Morgan fingerprint density at radius 2 is 1.76 bits per heavy atom. The van der Waals surface area contributed by atoms with Crippen LogP contribution in [0.25, 0.3) is 0 Å². The van der Waals surface area contributed by atoms with Crippen molar-refractivity contribution < 1.29 is 4.79 Å². The van der Waals surface area contributed by atoms with Gasteiger partial charge in [-0.3, -0.25) is 9.79 Å². The Bertz CT molecular complexity index is 762. The number of benzene rings is 1. The molecule has 0 spiro atoms. The second kappa shape index (κ2) is 8.32. The van der Waals surface area contributed by atoms with Crippen LogP contribution in [0.15, 0.2) is 29.3 Å². The monoisotopic (exact) mass is 453 g/mol. The highest BCUT2D eigenvalue weighted by atomic mass is 35.5. The highest BCUT2D eigenvalue weighted by Gasteiger charge is 2.51. The maximum Gasteiger partial charge on any atom is 0.226 e. The topological polar surface area (TPSA) is 44.7 Å². The number of nitrogens with one attached hydrogen (secondary N) is 1. The van der Waals surface area contributed by atoms with Crippen LogP contribution < -0.4 is 5.32 Å². The fraction of sp³-hybridized carbons (Fsp3) is 0.636. The molecule has 4 nitrogen and oxygen atoms in total. The van der Waals surface area contributed by atoms with Crippen molar-refractivity contribution in [3.05, 3.63) is 29.3 Å². The Morgan fingerprint density at radius 3 is 2.34 bits per heavy atom. The first kappa shape index (κ1) is 21.3. The average Bonchev–Trinajstić information content (AvgIpc) is 2.95. The summed E-state index contributed by atoms with van der Waals surface area (Å²) in [5, 5.41) is 4.82. The Hall–Kier alpha value is -0.910. The maximum atomic E-state index is 12.5. The van der Waals surface area contributed by atoms with Gasteiger partial charge in [-0.15, -0.1) is 12.4 Å². The minimum atomic E-state index is 0. The lowest BCUT2D eigenvalue weighted by atomic mass is 9.53. The van der Waals surface area contributed by atoms with Crippen LogP contribution in [0.2, 0.25) is 5.02 Å². The van der Waals surface area contributed by atoms with Gasteiger partial charge in [0.25, 0.3) is 0 Å². The first-order chi connectivity index (χ1) is 13.5. The van der Waals surface area contributed by atoms with Crippen LogP contribution >= 0.6 is 35.8 Å². The predicted molar refractivity (Wildman–Crippen MR) is 124 cm³/mol. The molecule has 1 atom stereocenters. The van der Waals surface area contributed by atoms with E-state index in [9.17, 15) is 4.79 Å². The summed E-state index contributed by atoms with van der Waals surface area (Å²) in [6, 6.07) is 7.49. The number of thioether (sulfide) groups is 1. The summed E-state index contributed by atoms with van der Waals surface area (Å²) in [5.74, 6) is 3.72. The minimum Gasteiger partial charge on any atom is -0.350 e. The zero-order valence-corrected chi connectivity index (χ0v) is 19.2. The number of anilines is 1. The molecule has 1 saturated heterocycles. The van der Waals surface area contributed by atoms with Crippen molar-refractivity contribution in [3.63, 3.8) is 0 Å². The molecular formula is C22H29Cl2N3OS. The van der Waals surface area contributed by atoms with Gasteiger partial charge in [0, 0.05) is 36.0 Å². The molecule has 5 aliphatic rings. The van der Waals surface area contributed by atoms with Crippen LogP contribution in [0.3, 0.4) is 0 Å². The van der Waals surface area contributed by atoms with E-state index in [1.54, 1.807) is 12.1 Å². The van der Waals surface area contributed by atoms with Crippen LogP contribution in [0, 0.1) is 17.8 Å². The second-order valence-electron chi connectivity index (χ2n) is 9.37. The maximum absolute atomic E-state index is 12.5. The number of carbonyl (C=O) groups excluding carboxylic acids is 1. The molecule has 6 rings (SSSR count). The van der Waals surface area contributed by atoms with Crippen LogP contribution in [-0.4, -0.2) is 40.4 Å². The fourth-order valence-electron chi connectivity index (χ4n) is 6.21. The summed E-state index contributed by atoms with van der Waals surface area (Å²) < 4.78 is 0. The van der Waals surface area contributed by atoms with E-state index in [-0.39, 0.29) is 29.9 Å². The smallest absolute Gasteiger partial charge is 0.226 e. The van der Waals surface area contributed by atoms with E-state index >= 15 is 0 Å². The molecule has 4 saturated carbocycles. The number of hydrogen-bond acceptors (Lipinski definition) is 3. The van der Waals surface area contributed by atoms with Crippen LogP contribution in [0.4, 0.5) is 5.69 Å². The van der Waals surface area contributed by atoms with Gasteiger partial charge in [-0.1, -0.05) is 23.4 Å². The van der Waals surface area contributed by atoms with Crippen molar-refractivity contribution in [2.24, 2.45) is 22.7 Å². The third-order valence-electron chi connectivity index (χ3n) is 7.14. The molecule has 4 aliphatic carbocycles. The quantitative estimate of drug-likeness (QED) is 0.657. The zero-order valence-electron chi connectivity index (χ0n) is 16.8. The average molecular weight is 454 g/mol. The standard InChI is InChI=1S/C22H28ClN3OS.ClH/c1-26-19(9-20(27)24-18-4-2-17(23)3-5-18)13-28-21(26)25-22-10-14-6-15(11-22)8-16(7-14)12-22;/h2-5,14-16,19H,6-13H2,1H3,(H,24,27);1H/b25-21-;. The molecule has 1 aliphatic heterocycles. The second-order valence-corrected chi connectivity index (χ2v) is 10.8. The third-order valence-corrected chi connectivity index (χ3v) is 8.58. The summed E-state index contributed by atoms with van der Waals surface area (Å²) in [4.78, 5) is 20.1. The number of carbonyl (C=O) groups is 1. The number of amides is 1. The third kappa shape index (κ3) is 4.42. The van der Waals surface area contributed by atoms with E-state index in [4.69, 9.17) is 16.6 Å². The van der Waals surface area contributed by atoms with E-state index in [1.165, 1.54) is 38.5 Å². The fourth-order valence-corrected chi connectivity index (χ4v) is 7.63. The minimum absolute atomic E-state index is 0. The van der Waals surface area contributed by atoms with Gasteiger partial charge in [0.2, 0.25) is 5.91 Å². The lowest BCUT2D eigenvalue weighted by Gasteiger charge is -2.55. The SMILES string of the molecule is CN1/C(=N/C23CC4CC(CC(C4)C2)C3)SCC1CC(=O)Nc1ccc(Cl)cc1.Cl. The van der Waals surface area contributed by atoms with E-state index in [2.05, 4.69) is 17.3 Å². The van der Waals surface area contributed by atoms with Gasteiger partial charge in [-0.2, -0.15) is 0 Å². The van der Waals surface area contributed by atoms with Gasteiger partial charge in [-0.05, 0) is 80.5 Å². The Labute approximate surface area is 188 Å². The van der Waals surface area contributed by atoms with E-state index in [0.717, 1.165) is 34.4 Å². The molecule has 1 heterocycles. The molecule has 4 bridgehead atoms. The van der Waals surface area contributed by atoms with Crippen LogP contribution in [-0.2, 0) is 4.79 Å². The van der Waals surface area contributed by atoms with Crippen LogP contribution in [0.1, 0.15) is 44.9 Å². The molecule has 29 heavy (non-hydrogen) atoms. The van der Waals surface area contributed by atoms with Crippen LogP contribution in [0.5, 0.6) is 0 Å². The van der Waals surface area contributed by atoms with E-state index in [0.29, 0.717) is 11.4 Å². The predicted octanol–water partition coefficient (Wildman–Crippen LogP) is 5.46. The molecule has 0 radical (unpaired) electrons. The lowest BCUT2D eigenvalue weighted by molar-refractivity contribution is -0.116. The number of halogens is 2. The zero-order chi connectivity index (χ0) is 19.3. The summed E-state index contributed by atoms with van der Waals surface area (Å²) in [6.45, 7) is 0. The molecule has 1 unspecified atom stereocenters. The van der Waals surface area contributed by atoms with Gasteiger partial charge in [-0.25, -0.2) is 0 Å². The molecule has 1 amide bonds. The summed E-state index contributed by atoms with van der Waals surface area (Å²) in [5.41, 5.74) is 0.997. The first-order valence-electron chi connectivity index (χ1n) is 10.5. The highest BCUT2D eigenvalue weighted by Crippen LogP contribution is 2.57. The lowest BCUT2D eigenvalue weighted by Crippen LogP contribution is -2.50. The van der Waals surface area contributed by atoms with Crippen molar-refractivity contribution in [3.8, 4) is 0 Å². The molecule has 0 aromatic heterocycles. The molecular weight excluding hydrogens is 425 g/mol. The van der Waals surface area contributed by atoms with Crippen molar-refractivity contribution in [1.82, 2.24) is 4.90 Å². The van der Waals surface area contributed by atoms with Crippen molar-refractivity contribution in [2.75, 3.05) is 18.1 Å². The molecule has 5 fully saturated rings. The summed E-state index contributed by atoms with van der Waals surface area (Å²) >= 11 is 7.75. The number of rotatable bonds is 4. The largest absolute Gasteiger partial charge is 0.350 e. The number of amidine groups is 1. The first-order valence-corrected chi connectivity index (χ1v) is 11.9. The van der Waals surface area contributed by atoms with Gasteiger partial charge in [0.15, 0.2) is 5.17 Å². The van der Waals surface area contributed by atoms with Gasteiger partial charge >= 0.3 is 0 Å². The molecule has 1 aromatic carbocycles. The van der Waals surface area contributed by atoms with Crippen molar-refractivity contribution in [1.29, 1.82) is 0 Å². The Morgan fingerprint density at radius 1 is 1.17 bits per heavy atom. The van der Waals surface area contributed by atoms with Gasteiger partial charge in [0.05, 0.1) is 5.54 Å². The molecule has 1 aromatic rings. The number of aliphatic imine (C=N–C) groups is 1. The van der Waals surface area contributed by atoms with Crippen molar-refractivity contribution in [2.45, 2.75) is 56.5 Å².